The molecule has 0 N–H and O–H groups in total. The molecule has 0 aromatic heterocycles. The van der Waals surface area contributed by atoms with E-state index in [2.05, 4.69) is 20.4 Å². The molecule has 2 nitrogen and oxygen atoms in total. The minimum Gasteiger partial charge on any atom is -0.459 e. The maximum absolute atomic E-state index is 11.7. The number of rotatable bonds is 14. The van der Waals surface area contributed by atoms with E-state index in [1.165, 1.54) is 57.8 Å². The van der Waals surface area contributed by atoms with Crippen LogP contribution in [0, 0.1) is 0 Å². The summed E-state index contributed by atoms with van der Waals surface area (Å²) >= 11 is 0. The van der Waals surface area contributed by atoms with E-state index in [1.807, 2.05) is 0 Å². The predicted octanol–water partition coefficient (Wildman–Crippen LogP) is 6.20. The summed E-state index contributed by atoms with van der Waals surface area (Å²) in [4.78, 5) is 11.7. The van der Waals surface area contributed by atoms with E-state index >= 15 is 0 Å². The Hall–Kier alpha value is -0.790. The lowest BCUT2D eigenvalue weighted by Crippen LogP contribution is -2.18. The van der Waals surface area contributed by atoms with Crippen LogP contribution in [0.15, 0.2) is 12.2 Å². The van der Waals surface area contributed by atoms with Gasteiger partial charge in [-0.2, -0.15) is 0 Å². The SMILES string of the molecule is C=C(C)C(=O)OC(CCCCC)CCCCCCCCC. The van der Waals surface area contributed by atoms with Gasteiger partial charge < -0.3 is 4.74 Å². The van der Waals surface area contributed by atoms with Gasteiger partial charge in [-0.05, 0) is 32.6 Å². The molecule has 0 bridgehead atoms. The second-order valence-electron chi connectivity index (χ2n) is 6.21. The van der Waals surface area contributed by atoms with E-state index in [0.717, 1.165) is 19.3 Å². The molecule has 0 amide bonds. The van der Waals surface area contributed by atoms with E-state index in [-0.39, 0.29) is 12.1 Å². The first-order valence-electron chi connectivity index (χ1n) is 8.98. The van der Waals surface area contributed by atoms with Crippen LogP contribution in [-0.2, 0) is 9.53 Å². The number of carbonyl (C=O) groups excluding carboxylic acids is 1. The van der Waals surface area contributed by atoms with E-state index in [4.69, 9.17) is 4.74 Å². The molecule has 21 heavy (non-hydrogen) atoms. The van der Waals surface area contributed by atoms with Crippen LogP contribution in [0.1, 0.15) is 97.8 Å². The Kier molecular flexibility index (Phi) is 13.6. The summed E-state index contributed by atoms with van der Waals surface area (Å²) in [7, 11) is 0. The van der Waals surface area contributed by atoms with Crippen molar-refractivity contribution in [1.82, 2.24) is 0 Å². The fourth-order valence-electron chi connectivity index (χ4n) is 2.47. The van der Waals surface area contributed by atoms with Crippen LogP contribution < -0.4 is 0 Å². The standard InChI is InChI=1S/C19H36O2/c1-5-7-9-10-11-12-14-16-18(15-13-8-6-2)21-19(20)17(3)4/h18H,3,5-16H2,1-2,4H3. The molecule has 0 radical (unpaired) electrons. The number of carbonyl (C=O) groups is 1. The zero-order chi connectivity index (χ0) is 15.9. The molecule has 0 saturated heterocycles. The van der Waals surface area contributed by atoms with Gasteiger partial charge >= 0.3 is 5.97 Å². The molecule has 0 saturated carbocycles. The lowest BCUT2D eigenvalue weighted by Gasteiger charge is -2.18. The van der Waals surface area contributed by atoms with Gasteiger partial charge in [0.2, 0.25) is 0 Å². The Morgan fingerprint density at radius 2 is 1.29 bits per heavy atom. The van der Waals surface area contributed by atoms with Crippen molar-refractivity contribution in [2.45, 2.75) is 104 Å². The second kappa shape index (κ2) is 14.2. The van der Waals surface area contributed by atoms with Crippen LogP contribution in [0.3, 0.4) is 0 Å². The van der Waals surface area contributed by atoms with Crippen molar-refractivity contribution in [2.24, 2.45) is 0 Å². The number of ether oxygens (including phenoxy) is 1. The van der Waals surface area contributed by atoms with Gasteiger partial charge in [0.05, 0.1) is 0 Å². The summed E-state index contributed by atoms with van der Waals surface area (Å²) in [5, 5.41) is 0. The van der Waals surface area contributed by atoms with Crippen molar-refractivity contribution < 1.29 is 9.53 Å². The van der Waals surface area contributed by atoms with Crippen molar-refractivity contribution in [1.29, 1.82) is 0 Å². The van der Waals surface area contributed by atoms with Crippen LogP contribution in [0.2, 0.25) is 0 Å². The number of esters is 1. The molecule has 0 aromatic rings. The summed E-state index contributed by atoms with van der Waals surface area (Å²) in [6.45, 7) is 9.84. The summed E-state index contributed by atoms with van der Waals surface area (Å²) < 4.78 is 5.57. The fraction of sp³-hybridized carbons (Fsp3) is 0.842. The van der Waals surface area contributed by atoms with Crippen molar-refractivity contribution in [3.05, 3.63) is 12.2 Å². The maximum Gasteiger partial charge on any atom is 0.333 e. The van der Waals surface area contributed by atoms with Crippen LogP contribution >= 0.6 is 0 Å². The van der Waals surface area contributed by atoms with Crippen LogP contribution in [-0.4, -0.2) is 12.1 Å². The van der Waals surface area contributed by atoms with E-state index in [9.17, 15) is 4.79 Å². The molecule has 1 atom stereocenters. The highest BCUT2D eigenvalue weighted by atomic mass is 16.5. The molecule has 0 aliphatic carbocycles. The van der Waals surface area contributed by atoms with Gasteiger partial charge in [0, 0.05) is 5.57 Å². The van der Waals surface area contributed by atoms with Crippen molar-refractivity contribution in [2.75, 3.05) is 0 Å². The van der Waals surface area contributed by atoms with Gasteiger partial charge in [-0.15, -0.1) is 0 Å². The van der Waals surface area contributed by atoms with Crippen molar-refractivity contribution >= 4 is 5.97 Å². The number of unbranched alkanes of at least 4 members (excludes halogenated alkanes) is 8. The first-order chi connectivity index (χ1) is 10.1. The lowest BCUT2D eigenvalue weighted by atomic mass is 10.0. The maximum atomic E-state index is 11.7. The second-order valence-corrected chi connectivity index (χ2v) is 6.21. The molecule has 0 heterocycles. The van der Waals surface area contributed by atoms with Gasteiger partial charge in [-0.25, -0.2) is 4.79 Å². The summed E-state index contributed by atoms with van der Waals surface area (Å²) in [5.41, 5.74) is 0.509. The monoisotopic (exact) mass is 296 g/mol. The van der Waals surface area contributed by atoms with Gasteiger partial charge in [0.25, 0.3) is 0 Å². The van der Waals surface area contributed by atoms with E-state index in [0.29, 0.717) is 5.57 Å². The third kappa shape index (κ3) is 12.6. The zero-order valence-electron chi connectivity index (χ0n) is 14.6. The van der Waals surface area contributed by atoms with Gasteiger partial charge in [-0.3, -0.25) is 0 Å². The quantitative estimate of drug-likeness (QED) is 0.217. The highest BCUT2D eigenvalue weighted by Gasteiger charge is 2.14. The number of hydrogen-bond acceptors (Lipinski definition) is 2. The minimum absolute atomic E-state index is 0.0939. The minimum atomic E-state index is -0.223. The largest absolute Gasteiger partial charge is 0.459 e. The van der Waals surface area contributed by atoms with E-state index in [1.54, 1.807) is 6.92 Å². The third-order valence-corrected chi connectivity index (χ3v) is 3.88. The van der Waals surface area contributed by atoms with E-state index < -0.39 is 0 Å². The molecular formula is C19H36O2. The Morgan fingerprint density at radius 3 is 1.81 bits per heavy atom. The zero-order valence-corrected chi connectivity index (χ0v) is 14.6. The molecule has 0 aliphatic rings. The van der Waals surface area contributed by atoms with Crippen molar-refractivity contribution in [3.63, 3.8) is 0 Å². The Bertz CT molecular complexity index is 271. The average molecular weight is 296 g/mol. The highest BCUT2D eigenvalue weighted by Crippen LogP contribution is 2.17. The van der Waals surface area contributed by atoms with Gasteiger partial charge in [-0.1, -0.05) is 71.8 Å². The smallest absolute Gasteiger partial charge is 0.333 e. The first kappa shape index (κ1) is 20.2. The Labute approximate surface area is 132 Å². The predicted molar refractivity (Wildman–Crippen MR) is 91.4 cm³/mol. The van der Waals surface area contributed by atoms with Gasteiger partial charge in [0.1, 0.15) is 6.10 Å². The highest BCUT2D eigenvalue weighted by molar-refractivity contribution is 5.87. The molecule has 0 fully saturated rings. The number of hydrogen-bond donors (Lipinski definition) is 0. The Morgan fingerprint density at radius 1 is 0.857 bits per heavy atom. The summed E-state index contributed by atoms with van der Waals surface area (Å²) in [5.74, 6) is -0.223. The van der Waals surface area contributed by atoms with Crippen molar-refractivity contribution in [3.8, 4) is 0 Å². The summed E-state index contributed by atoms with van der Waals surface area (Å²) in [6.07, 6.45) is 14.8. The molecule has 0 aromatic carbocycles. The molecular weight excluding hydrogens is 260 g/mol. The average Bonchev–Trinajstić information content (AvgIpc) is 2.46. The molecule has 0 aliphatic heterocycles. The summed E-state index contributed by atoms with van der Waals surface area (Å²) in [6, 6.07) is 0. The first-order valence-corrected chi connectivity index (χ1v) is 8.98. The molecule has 2 heteroatoms. The fourth-order valence-corrected chi connectivity index (χ4v) is 2.47. The molecule has 1 unspecified atom stereocenters. The van der Waals surface area contributed by atoms with Crippen LogP contribution in [0.4, 0.5) is 0 Å². The van der Waals surface area contributed by atoms with Crippen LogP contribution in [0.25, 0.3) is 0 Å². The topological polar surface area (TPSA) is 26.3 Å². The normalized spacial score (nSPS) is 12.1. The van der Waals surface area contributed by atoms with Crippen LogP contribution in [0.5, 0.6) is 0 Å². The Balaban J connectivity index is 3.86. The third-order valence-electron chi connectivity index (χ3n) is 3.88. The van der Waals surface area contributed by atoms with Gasteiger partial charge in [0.15, 0.2) is 0 Å². The lowest BCUT2D eigenvalue weighted by molar-refractivity contribution is -0.145. The molecule has 124 valence electrons. The molecule has 0 spiro atoms. The molecule has 0 rings (SSSR count).